The molecule has 0 heterocycles. The molecule has 0 bridgehead atoms. The fraction of sp³-hybridized carbons (Fsp3) is 0.263. The number of carbonyl (C=O) groups excluding carboxylic acids is 1. The van der Waals surface area contributed by atoms with Gasteiger partial charge in [0, 0.05) is 11.3 Å². The van der Waals surface area contributed by atoms with E-state index in [0.717, 1.165) is 0 Å². The van der Waals surface area contributed by atoms with E-state index in [2.05, 4.69) is 0 Å². The Morgan fingerprint density at radius 2 is 1.79 bits per heavy atom. The minimum absolute atomic E-state index is 0.372. The van der Waals surface area contributed by atoms with E-state index in [1.807, 2.05) is 19.9 Å². The first-order valence-corrected chi connectivity index (χ1v) is 7.79. The molecule has 2 aromatic carbocycles. The van der Waals surface area contributed by atoms with Gasteiger partial charge in [-0.25, -0.2) is 0 Å². The molecule has 5 heteroatoms. The highest BCUT2D eigenvalue weighted by atomic mass is 16.5. The van der Waals surface area contributed by atoms with E-state index in [9.17, 15) is 9.59 Å². The van der Waals surface area contributed by atoms with E-state index in [-0.39, 0.29) is 5.91 Å². The Bertz CT molecular complexity index is 698. The van der Waals surface area contributed by atoms with Gasteiger partial charge >= 0.3 is 5.97 Å². The van der Waals surface area contributed by atoms with Crippen molar-refractivity contribution < 1.29 is 19.4 Å². The van der Waals surface area contributed by atoms with Crippen molar-refractivity contribution >= 4 is 17.6 Å². The second-order valence-corrected chi connectivity index (χ2v) is 5.85. The maximum Gasteiger partial charge on any atom is 0.323 e. The van der Waals surface area contributed by atoms with E-state index in [0.29, 0.717) is 29.5 Å². The van der Waals surface area contributed by atoms with Crippen molar-refractivity contribution in [1.29, 1.82) is 0 Å². The molecule has 0 saturated carbocycles. The van der Waals surface area contributed by atoms with Gasteiger partial charge < -0.3 is 9.84 Å². The second-order valence-electron chi connectivity index (χ2n) is 5.85. The molecule has 0 fully saturated rings. The molecule has 5 nitrogen and oxygen atoms in total. The molecule has 0 unspecified atom stereocenters. The van der Waals surface area contributed by atoms with Crippen LogP contribution in [0.1, 0.15) is 24.2 Å². The molecule has 0 aromatic heterocycles. The summed E-state index contributed by atoms with van der Waals surface area (Å²) in [5.74, 6) is -0.479. The monoisotopic (exact) mass is 327 g/mol. The Labute approximate surface area is 141 Å². The van der Waals surface area contributed by atoms with Crippen LogP contribution in [-0.4, -0.2) is 30.1 Å². The van der Waals surface area contributed by atoms with Crippen molar-refractivity contribution in [2.24, 2.45) is 5.92 Å². The number of ether oxygens (including phenoxy) is 1. The lowest BCUT2D eigenvalue weighted by molar-refractivity contribution is -0.135. The second kappa shape index (κ2) is 8.15. The molecule has 1 N–H and O–H groups in total. The van der Waals surface area contributed by atoms with Gasteiger partial charge in [-0.15, -0.1) is 0 Å². The van der Waals surface area contributed by atoms with Crippen LogP contribution in [0, 0.1) is 5.92 Å². The van der Waals surface area contributed by atoms with Gasteiger partial charge in [0.2, 0.25) is 0 Å². The summed E-state index contributed by atoms with van der Waals surface area (Å²) in [4.78, 5) is 25.2. The SMILES string of the molecule is CC(C)COc1cccc(C(=O)N(CC(=O)O)c2ccccc2)c1. The van der Waals surface area contributed by atoms with Gasteiger partial charge in [-0.05, 0) is 36.2 Å². The fourth-order valence-electron chi connectivity index (χ4n) is 2.16. The van der Waals surface area contributed by atoms with E-state index < -0.39 is 12.5 Å². The summed E-state index contributed by atoms with van der Waals surface area (Å²) in [6.07, 6.45) is 0. The molecule has 126 valence electrons. The van der Waals surface area contributed by atoms with Crippen LogP contribution in [0.3, 0.4) is 0 Å². The van der Waals surface area contributed by atoms with Crippen LogP contribution in [0.15, 0.2) is 54.6 Å². The third-order valence-corrected chi connectivity index (χ3v) is 3.27. The number of aliphatic carboxylic acids is 1. The Hall–Kier alpha value is -2.82. The van der Waals surface area contributed by atoms with E-state index >= 15 is 0 Å². The zero-order valence-electron chi connectivity index (χ0n) is 13.8. The first kappa shape index (κ1) is 17.5. The molecule has 0 aliphatic heterocycles. The van der Waals surface area contributed by atoms with Crippen molar-refractivity contribution in [1.82, 2.24) is 0 Å². The number of amides is 1. The molecule has 0 radical (unpaired) electrons. The number of nitrogens with zero attached hydrogens (tertiary/aromatic N) is 1. The number of carbonyl (C=O) groups is 2. The summed E-state index contributed by atoms with van der Waals surface area (Å²) >= 11 is 0. The quantitative estimate of drug-likeness (QED) is 0.846. The average Bonchev–Trinajstić information content (AvgIpc) is 2.58. The lowest BCUT2D eigenvalue weighted by atomic mass is 10.1. The van der Waals surface area contributed by atoms with Crippen LogP contribution >= 0.6 is 0 Å². The number of benzene rings is 2. The number of carboxylic acids is 1. The van der Waals surface area contributed by atoms with Crippen molar-refractivity contribution in [3.8, 4) is 5.75 Å². The average molecular weight is 327 g/mol. The van der Waals surface area contributed by atoms with Crippen molar-refractivity contribution in [2.45, 2.75) is 13.8 Å². The zero-order chi connectivity index (χ0) is 17.5. The Kier molecular flexibility index (Phi) is 5.95. The Morgan fingerprint density at radius 1 is 1.08 bits per heavy atom. The van der Waals surface area contributed by atoms with Crippen LogP contribution in [0.5, 0.6) is 5.75 Å². The summed E-state index contributed by atoms with van der Waals surface area (Å²) in [5.41, 5.74) is 0.930. The number of para-hydroxylation sites is 1. The lowest BCUT2D eigenvalue weighted by Gasteiger charge is -2.21. The molecule has 24 heavy (non-hydrogen) atoms. The van der Waals surface area contributed by atoms with Gasteiger partial charge in [0.25, 0.3) is 5.91 Å². The summed E-state index contributed by atoms with van der Waals surface area (Å²) in [7, 11) is 0. The van der Waals surface area contributed by atoms with Gasteiger partial charge in [-0.3, -0.25) is 14.5 Å². The van der Waals surface area contributed by atoms with Crippen LogP contribution < -0.4 is 9.64 Å². The predicted molar refractivity (Wildman–Crippen MR) is 92.5 cm³/mol. The minimum Gasteiger partial charge on any atom is -0.493 e. The van der Waals surface area contributed by atoms with Crippen LogP contribution in [0.2, 0.25) is 0 Å². The van der Waals surface area contributed by atoms with Crippen LogP contribution in [0.25, 0.3) is 0 Å². The number of hydrogen-bond donors (Lipinski definition) is 1. The summed E-state index contributed by atoms with van der Waals surface area (Å²) < 4.78 is 5.64. The normalized spacial score (nSPS) is 10.5. The molecule has 1 amide bonds. The minimum atomic E-state index is -1.07. The predicted octanol–water partition coefficient (Wildman–Crippen LogP) is 3.45. The van der Waals surface area contributed by atoms with Gasteiger partial charge in [0.1, 0.15) is 12.3 Å². The summed E-state index contributed by atoms with van der Waals surface area (Å²) in [6, 6.07) is 15.6. The Balaban J connectivity index is 2.26. The molecular weight excluding hydrogens is 306 g/mol. The molecule has 2 aromatic rings. The largest absolute Gasteiger partial charge is 0.493 e. The smallest absolute Gasteiger partial charge is 0.323 e. The van der Waals surface area contributed by atoms with Gasteiger partial charge in [-0.2, -0.15) is 0 Å². The highest BCUT2D eigenvalue weighted by Crippen LogP contribution is 2.20. The molecular formula is C19H21NO4. The zero-order valence-corrected chi connectivity index (χ0v) is 13.8. The molecule has 0 atom stereocenters. The number of rotatable bonds is 7. The van der Waals surface area contributed by atoms with Gasteiger partial charge in [0.05, 0.1) is 6.61 Å². The van der Waals surface area contributed by atoms with E-state index in [4.69, 9.17) is 9.84 Å². The summed E-state index contributed by atoms with van der Waals surface area (Å²) in [6.45, 7) is 4.23. The van der Waals surface area contributed by atoms with E-state index in [1.165, 1.54) is 4.90 Å². The lowest BCUT2D eigenvalue weighted by Crippen LogP contribution is -2.35. The van der Waals surface area contributed by atoms with E-state index in [1.54, 1.807) is 48.5 Å². The molecule has 0 saturated heterocycles. The third-order valence-electron chi connectivity index (χ3n) is 3.27. The fourth-order valence-corrected chi connectivity index (χ4v) is 2.16. The topological polar surface area (TPSA) is 66.8 Å². The number of anilines is 1. The molecule has 0 aliphatic carbocycles. The number of carboxylic acid groups (broad SMARTS) is 1. The Morgan fingerprint density at radius 3 is 2.42 bits per heavy atom. The molecule has 2 rings (SSSR count). The van der Waals surface area contributed by atoms with Crippen LogP contribution in [-0.2, 0) is 4.79 Å². The summed E-state index contributed by atoms with van der Waals surface area (Å²) in [5, 5.41) is 9.12. The maximum absolute atomic E-state index is 12.8. The standard InChI is InChI=1S/C19H21NO4/c1-14(2)13-24-17-10-6-7-15(11-17)19(23)20(12-18(21)22)16-8-4-3-5-9-16/h3-11,14H,12-13H2,1-2H3,(H,21,22). The van der Waals surface area contributed by atoms with Gasteiger partial charge in [-0.1, -0.05) is 38.1 Å². The van der Waals surface area contributed by atoms with Crippen LogP contribution in [0.4, 0.5) is 5.69 Å². The third kappa shape index (κ3) is 4.84. The highest BCUT2D eigenvalue weighted by molar-refractivity contribution is 6.08. The maximum atomic E-state index is 12.8. The van der Waals surface area contributed by atoms with Crippen molar-refractivity contribution in [3.63, 3.8) is 0 Å². The first-order chi connectivity index (χ1) is 11.5. The number of hydrogen-bond acceptors (Lipinski definition) is 3. The van der Waals surface area contributed by atoms with Crippen molar-refractivity contribution in [3.05, 3.63) is 60.2 Å². The highest BCUT2D eigenvalue weighted by Gasteiger charge is 2.20. The molecule has 0 aliphatic rings. The molecule has 0 spiro atoms. The first-order valence-electron chi connectivity index (χ1n) is 7.79. The van der Waals surface area contributed by atoms with Gasteiger partial charge in [0.15, 0.2) is 0 Å². The van der Waals surface area contributed by atoms with Crippen molar-refractivity contribution in [2.75, 3.05) is 18.1 Å².